The van der Waals surface area contributed by atoms with E-state index in [9.17, 15) is 0 Å². The van der Waals surface area contributed by atoms with Gasteiger partial charge in [-0.3, -0.25) is 0 Å². The highest BCUT2D eigenvalue weighted by Crippen LogP contribution is 2.54. The average Bonchev–Trinajstić information content (AvgIpc) is 0.743. The molecule has 4 heteroatoms. The Morgan fingerprint density at radius 3 is 1.30 bits per heavy atom. The first kappa shape index (κ1) is 71.1. The molecule has 0 N–H and O–H groups in total. The highest BCUT2D eigenvalue weighted by atomic mass is 32.2. The second-order valence-electron chi connectivity index (χ2n) is 31.7. The van der Waals surface area contributed by atoms with Crippen LogP contribution < -0.4 is 4.74 Å². The lowest BCUT2D eigenvalue weighted by molar-refractivity contribution is 0.222. The number of hydrogen-bond donors (Lipinski definition) is 0. The maximum Gasteiger partial charge on any atom is 0.135 e. The molecule has 2 atom stereocenters. The number of ether oxygens (including phenoxy) is 1. The van der Waals surface area contributed by atoms with Crippen LogP contribution in [0.5, 0.6) is 5.75 Å². The third kappa shape index (κ3) is 11.9. The molecule has 1 nitrogen and oxygen atoms in total. The summed E-state index contributed by atoms with van der Waals surface area (Å²) in [6.07, 6.45) is 0.706. The molecule has 22 aromatic carbocycles. The Kier molecular flexibility index (Phi) is 17.6. The number of benzene rings is 22. The van der Waals surface area contributed by atoms with Crippen LogP contribution in [0.4, 0.5) is 4.39 Å². The van der Waals surface area contributed by atoms with E-state index in [-0.39, 0.29) is 17.8 Å². The fraction of sp³-hybridized carbons (Fsp3) is 0.0345. The summed E-state index contributed by atoms with van der Waals surface area (Å²) in [6, 6.07) is 151. The molecule has 0 bridgehead atoms. The minimum Gasteiger partial charge on any atom is -0.484 e. The maximum absolute atomic E-state index is 16.1. The van der Waals surface area contributed by atoms with E-state index in [1.54, 1.807) is 11.8 Å². The van der Waals surface area contributed by atoms with Crippen molar-refractivity contribution in [2.24, 2.45) is 0 Å². The number of thioether (sulfide) groups is 1. The Morgan fingerprint density at radius 1 is 0.250 bits per heavy atom. The van der Waals surface area contributed by atoms with E-state index >= 15 is 4.39 Å². The van der Waals surface area contributed by atoms with Crippen LogP contribution in [0.3, 0.4) is 0 Å². The summed E-state index contributed by atoms with van der Waals surface area (Å²) < 4.78 is 25.4. The molecule has 0 spiro atoms. The Balaban J connectivity index is 0.000000106. The summed E-state index contributed by atoms with van der Waals surface area (Å²) in [5.74, 6) is 2.01. The van der Waals surface area contributed by atoms with Crippen molar-refractivity contribution in [2.45, 2.75) is 23.3 Å². The largest absolute Gasteiger partial charge is 0.484 e. The van der Waals surface area contributed by atoms with Crippen LogP contribution in [-0.2, 0) is 6.42 Å². The molecule has 23 aromatic rings. The number of rotatable bonds is 8. The molecule has 3 heterocycles. The molecule has 1 aromatic heterocycles. The molecule has 564 valence electrons. The van der Waals surface area contributed by atoms with Gasteiger partial charge in [0.25, 0.3) is 0 Å². The molecule has 0 amide bonds. The van der Waals surface area contributed by atoms with Crippen LogP contribution in [0.15, 0.2) is 423 Å². The van der Waals surface area contributed by atoms with Crippen LogP contribution >= 0.6 is 23.1 Å². The lowest BCUT2D eigenvalue weighted by Gasteiger charge is -2.21. The highest BCUT2D eigenvalue weighted by molar-refractivity contribution is 7.99. The van der Waals surface area contributed by atoms with Crippen LogP contribution in [-0.4, -0.2) is 5.75 Å². The van der Waals surface area contributed by atoms with Gasteiger partial charge in [-0.15, -0.1) is 23.1 Å². The molecular weight excluding hydrogens is 1490 g/mol. The molecule has 120 heavy (non-hydrogen) atoms. The van der Waals surface area contributed by atoms with Gasteiger partial charge >= 0.3 is 0 Å². The molecule has 2 aliphatic rings. The normalized spacial score (nSPS) is 13.7. The first-order valence-electron chi connectivity index (χ1n) is 41.5. The van der Waals surface area contributed by atoms with Crippen molar-refractivity contribution < 1.29 is 9.13 Å². The van der Waals surface area contributed by atoms with E-state index in [1.807, 2.05) is 17.4 Å². The van der Waals surface area contributed by atoms with Crippen molar-refractivity contribution in [3.8, 4) is 72.5 Å². The van der Waals surface area contributed by atoms with Gasteiger partial charge in [-0.05, 0) is 223 Å². The van der Waals surface area contributed by atoms with Gasteiger partial charge in [0.2, 0.25) is 0 Å². The lowest BCUT2D eigenvalue weighted by Crippen LogP contribution is -2.11. The van der Waals surface area contributed by atoms with Crippen LogP contribution in [0.2, 0.25) is 0 Å². The SMILES string of the molecule is Fc1c(-c2c3ccccc3c(-c3cc4ccccc4c4ccccc34)c3ccccc23)ccc2c1CCS2.c1ccc(C2c3ccccc3OC2c2ccc(-c3c4ccccc4c(-c4cccc5ccccc45)c4ccccc34)cc2)cc1.c1ccc2cc(-c3c4ccccc4c(-c4ccc5sc6ccccc6c5c4)c4ccccc34)ccc2c1. The summed E-state index contributed by atoms with van der Waals surface area (Å²) >= 11 is 3.63. The Hall–Kier alpha value is -14.3. The zero-order valence-corrected chi connectivity index (χ0v) is 67.1. The molecular formula is C116H75FOS2. The third-order valence-electron chi connectivity index (χ3n) is 25.2. The average molecular weight is 1570 g/mol. The standard InChI is InChI=1S/C44H30O.C36H23FS.C36H22S/c1-2-14-30(15-3-1)42-39-22-10-11-24-40(39)45-44(42)32-27-25-31(26-28-32)41-35-18-6-8-20-37(35)43(38-21-9-7-19-36(38)41)34-23-12-16-29-13-4-5-17-33(29)34;37-36-30-19-20-38-33(30)18-17-31(36)34-26-13-5-7-15-28(26)35(29-16-8-6-14-27(29)34)32-21-22-9-1-2-10-23(22)24-11-3-4-12-25(24)32;1-2-10-24-21-25(18-17-23(24)9-1)35-28-12-3-5-14-30(28)36(31-15-6-4-13-29(31)35)26-19-20-34-32(22-26)27-11-7-8-16-33(27)37-34/h1-28,42,44H;1-18,21H,19-20H2;1-22H. The predicted molar refractivity (Wildman–Crippen MR) is 512 cm³/mol. The smallest absolute Gasteiger partial charge is 0.135 e. The van der Waals surface area contributed by atoms with Crippen LogP contribution in [0.25, 0.3) is 195 Å². The van der Waals surface area contributed by atoms with E-state index in [2.05, 4.69) is 413 Å². The van der Waals surface area contributed by atoms with Crippen molar-refractivity contribution >= 4 is 151 Å². The van der Waals surface area contributed by atoms with Gasteiger partial charge in [-0.25, -0.2) is 4.39 Å². The van der Waals surface area contributed by atoms with Gasteiger partial charge in [0, 0.05) is 53.1 Å². The molecule has 2 aliphatic heterocycles. The maximum atomic E-state index is 16.1. The van der Waals surface area contributed by atoms with Crippen molar-refractivity contribution in [1.82, 2.24) is 0 Å². The van der Waals surface area contributed by atoms with E-state index in [0.717, 1.165) is 55.5 Å². The molecule has 2 unspecified atom stereocenters. The number of halogens is 1. The van der Waals surface area contributed by atoms with Gasteiger partial charge < -0.3 is 4.74 Å². The monoisotopic (exact) mass is 1570 g/mol. The van der Waals surface area contributed by atoms with Gasteiger partial charge in [0.05, 0.1) is 5.92 Å². The molecule has 25 rings (SSSR count). The lowest BCUT2D eigenvalue weighted by atomic mass is 9.83. The zero-order valence-electron chi connectivity index (χ0n) is 65.5. The Morgan fingerprint density at radius 2 is 0.683 bits per heavy atom. The van der Waals surface area contributed by atoms with Crippen LogP contribution in [0.1, 0.15) is 34.3 Å². The topological polar surface area (TPSA) is 9.23 Å². The van der Waals surface area contributed by atoms with Crippen molar-refractivity contribution in [1.29, 1.82) is 0 Å². The highest BCUT2D eigenvalue weighted by Gasteiger charge is 2.37. The molecule has 0 saturated heterocycles. The third-order valence-corrected chi connectivity index (χ3v) is 27.4. The number of thiophene rings is 1. The summed E-state index contributed by atoms with van der Waals surface area (Å²) in [6.45, 7) is 0. The Labute approximate surface area is 703 Å². The molecule has 0 fully saturated rings. The second-order valence-corrected chi connectivity index (χ2v) is 33.9. The molecule has 0 radical (unpaired) electrons. The fourth-order valence-electron chi connectivity index (χ4n) is 19.9. The predicted octanol–water partition coefficient (Wildman–Crippen LogP) is 33.0. The van der Waals surface area contributed by atoms with Crippen LogP contribution in [0, 0.1) is 5.82 Å². The van der Waals surface area contributed by atoms with E-state index in [4.69, 9.17) is 4.74 Å². The zero-order chi connectivity index (χ0) is 79.3. The minimum atomic E-state index is -0.0823. The quantitative estimate of drug-likeness (QED) is 0.111. The summed E-state index contributed by atoms with van der Waals surface area (Å²) in [7, 11) is 0. The van der Waals surface area contributed by atoms with Crippen molar-refractivity contribution in [2.75, 3.05) is 5.75 Å². The molecule has 0 aliphatic carbocycles. The van der Waals surface area contributed by atoms with Crippen molar-refractivity contribution in [3.05, 3.63) is 447 Å². The first-order valence-corrected chi connectivity index (χ1v) is 43.3. The van der Waals surface area contributed by atoms with Gasteiger partial charge in [0.1, 0.15) is 17.7 Å². The summed E-state index contributed by atoms with van der Waals surface area (Å²) in [5.41, 5.74) is 18.9. The first-order chi connectivity index (χ1) is 59.5. The van der Waals surface area contributed by atoms with Crippen molar-refractivity contribution in [3.63, 3.8) is 0 Å². The van der Waals surface area contributed by atoms with E-state index < -0.39 is 0 Å². The molecule has 0 saturated carbocycles. The number of fused-ring (bicyclic) bond motifs is 16. The van der Waals surface area contributed by atoms with Gasteiger partial charge in [0.15, 0.2) is 0 Å². The fourth-order valence-corrected chi connectivity index (χ4v) is 22.0. The van der Waals surface area contributed by atoms with Gasteiger partial charge in [-0.1, -0.05) is 376 Å². The summed E-state index contributed by atoms with van der Waals surface area (Å²) in [5, 5.41) is 27.4. The minimum absolute atomic E-state index is 0.0632. The van der Waals surface area contributed by atoms with E-state index in [1.165, 1.54) is 179 Å². The number of hydrogen-bond acceptors (Lipinski definition) is 3. The number of para-hydroxylation sites is 1. The second kappa shape index (κ2) is 29.7. The van der Waals surface area contributed by atoms with Gasteiger partial charge in [-0.2, -0.15) is 0 Å². The summed E-state index contributed by atoms with van der Waals surface area (Å²) in [4.78, 5) is 1.08. The van der Waals surface area contributed by atoms with E-state index in [0.29, 0.717) is 5.56 Å². The Bertz CT molecular complexity index is 7900.